The van der Waals surface area contributed by atoms with Gasteiger partial charge in [-0.3, -0.25) is 4.58 Å². The maximum Gasteiger partial charge on any atom is 0.275 e. The van der Waals surface area contributed by atoms with Gasteiger partial charge in [0.05, 0.1) is 6.54 Å². The zero-order chi connectivity index (χ0) is 17.4. The lowest BCUT2D eigenvalue weighted by Crippen LogP contribution is -2.47. The fraction of sp³-hybridized carbons (Fsp3) is 0.350. The van der Waals surface area contributed by atoms with E-state index in [9.17, 15) is 5.11 Å². The van der Waals surface area contributed by atoms with Crippen LogP contribution in [0.5, 0.6) is 0 Å². The number of halogens is 2. The van der Waals surface area contributed by atoms with Gasteiger partial charge in [0, 0.05) is 21.5 Å². The summed E-state index contributed by atoms with van der Waals surface area (Å²) in [6.45, 7) is 1.58. The third-order valence-electron chi connectivity index (χ3n) is 5.12. The van der Waals surface area contributed by atoms with Crippen LogP contribution in [0.4, 0.5) is 5.69 Å². The SMILES string of the molecule is OC1(c2ccc(Cl)cc2)C[N+]2=C(CCCCC2)N1c1ccc(Br)cc1. The first kappa shape index (κ1) is 17.1. The minimum absolute atomic E-state index is 0.583. The molecular weight excluding hydrogens is 400 g/mol. The average Bonchev–Trinajstić information content (AvgIpc) is 2.74. The molecule has 3 nitrogen and oxygen atoms in total. The molecule has 0 saturated carbocycles. The Morgan fingerprint density at radius 1 is 1.00 bits per heavy atom. The van der Waals surface area contributed by atoms with Crippen molar-refractivity contribution in [1.82, 2.24) is 0 Å². The minimum atomic E-state index is -1.08. The van der Waals surface area contributed by atoms with Crippen LogP contribution in [0, 0.1) is 0 Å². The lowest BCUT2D eigenvalue weighted by molar-refractivity contribution is -0.534. The lowest BCUT2D eigenvalue weighted by atomic mass is 10.00. The molecule has 0 radical (unpaired) electrons. The van der Waals surface area contributed by atoms with Gasteiger partial charge in [0.1, 0.15) is 5.69 Å². The largest absolute Gasteiger partial charge is 0.346 e. The van der Waals surface area contributed by atoms with Gasteiger partial charge in [-0.15, -0.1) is 0 Å². The van der Waals surface area contributed by atoms with Gasteiger partial charge in [-0.25, -0.2) is 0 Å². The molecule has 1 atom stereocenters. The summed E-state index contributed by atoms with van der Waals surface area (Å²) in [6, 6.07) is 15.7. The van der Waals surface area contributed by atoms with Gasteiger partial charge in [-0.2, -0.15) is 4.90 Å². The Bertz CT molecular complexity index is 803. The first-order valence-electron chi connectivity index (χ1n) is 8.73. The van der Waals surface area contributed by atoms with Gasteiger partial charge in [-0.1, -0.05) is 39.7 Å². The molecule has 0 saturated heterocycles. The van der Waals surface area contributed by atoms with Crippen molar-refractivity contribution in [3.63, 3.8) is 0 Å². The summed E-state index contributed by atoms with van der Waals surface area (Å²) in [5.41, 5.74) is 0.811. The van der Waals surface area contributed by atoms with Crippen molar-refractivity contribution in [2.75, 3.05) is 18.0 Å². The minimum Gasteiger partial charge on any atom is -0.346 e. The van der Waals surface area contributed by atoms with Gasteiger partial charge in [0.25, 0.3) is 11.6 Å². The molecule has 2 aliphatic rings. The van der Waals surface area contributed by atoms with E-state index in [2.05, 4.69) is 37.5 Å². The van der Waals surface area contributed by atoms with E-state index in [0.717, 1.165) is 35.1 Å². The summed E-state index contributed by atoms with van der Waals surface area (Å²) in [7, 11) is 0. The molecule has 1 N–H and O–H groups in total. The second-order valence-electron chi connectivity index (χ2n) is 6.78. The molecule has 0 bridgehead atoms. The van der Waals surface area contributed by atoms with E-state index in [-0.39, 0.29) is 0 Å². The fourth-order valence-corrected chi connectivity index (χ4v) is 4.30. The Morgan fingerprint density at radius 3 is 2.44 bits per heavy atom. The number of amidine groups is 1. The molecular formula is C20H21BrClN2O+. The highest BCUT2D eigenvalue weighted by molar-refractivity contribution is 9.10. The monoisotopic (exact) mass is 419 g/mol. The van der Waals surface area contributed by atoms with Crippen LogP contribution in [-0.4, -0.2) is 28.6 Å². The van der Waals surface area contributed by atoms with Crippen molar-refractivity contribution in [3.8, 4) is 0 Å². The number of benzene rings is 2. The van der Waals surface area contributed by atoms with E-state index < -0.39 is 5.72 Å². The molecule has 0 spiro atoms. The summed E-state index contributed by atoms with van der Waals surface area (Å²) in [6.07, 6.45) is 4.57. The smallest absolute Gasteiger partial charge is 0.275 e. The van der Waals surface area contributed by atoms with Crippen molar-refractivity contribution < 1.29 is 9.68 Å². The van der Waals surface area contributed by atoms with Crippen molar-refractivity contribution in [1.29, 1.82) is 0 Å². The molecule has 4 rings (SSSR count). The van der Waals surface area contributed by atoms with Crippen molar-refractivity contribution in [2.45, 2.75) is 31.4 Å². The van der Waals surface area contributed by atoms with Gasteiger partial charge >= 0.3 is 0 Å². The molecule has 1 unspecified atom stereocenters. The second-order valence-corrected chi connectivity index (χ2v) is 8.14. The summed E-state index contributed by atoms with van der Waals surface area (Å²) < 4.78 is 3.39. The summed E-state index contributed by atoms with van der Waals surface area (Å²) >= 11 is 9.57. The zero-order valence-corrected chi connectivity index (χ0v) is 16.3. The molecule has 130 valence electrons. The standard InChI is InChI=1S/C20H21BrClN2O/c21-16-7-11-18(12-8-16)24-19-4-2-1-3-13-23(19)14-20(24,25)15-5-9-17(22)10-6-15/h5-12,25H,1-4,13-14H2/q+1. The third kappa shape index (κ3) is 3.12. The Labute approximate surface area is 161 Å². The fourth-order valence-electron chi connectivity index (χ4n) is 3.91. The maximum absolute atomic E-state index is 11.8. The van der Waals surface area contributed by atoms with Gasteiger partial charge < -0.3 is 5.11 Å². The molecule has 2 aliphatic heterocycles. The Kier molecular flexibility index (Phi) is 4.61. The highest BCUT2D eigenvalue weighted by Gasteiger charge is 2.53. The van der Waals surface area contributed by atoms with Gasteiger partial charge in [-0.05, 0) is 55.7 Å². The Balaban J connectivity index is 1.83. The molecule has 2 aromatic rings. The molecule has 0 aliphatic carbocycles. The van der Waals surface area contributed by atoms with Crippen molar-refractivity contribution in [2.24, 2.45) is 0 Å². The van der Waals surface area contributed by atoms with Crippen LogP contribution in [0.3, 0.4) is 0 Å². The number of nitrogens with zero attached hydrogens (tertiary/aromatic N) is 2. The predicted octanol–water partition coefficient (Wildman–Crippen LogP) is 4.75. The van der Waals surface area contributed by atoms with E-state index in [4.69, 9.17) is 11.6 Å². The molecule has 0 fully saturated rings. The quantitative estimate of drug-likeness (QED) is 0.710. The zero-order valence-electron chi connectivity index (χ0n) is 14.0. The maximum atomic E-state index is 11.8. The molecule has 5 heteroatoms. The van der Waals surface area contributed by atoms with Crippen molar-refractivity contribution in [3.05, 3.63) is 63.6 Å². The lowest BCUT2D eigenvalue weighted by Gasteiger charge is -2.29. The van der Waals surface area contributed by atoms with Gasteiger partial charge in [0.15, 0.2) is 6.54 Å². The molecule has 0 aromatic heterocycles. The first-order valence-corrected chi connectivity index (χ1v) is 9.90. The Morgan fingerprint density at radius 2 is 1.72 bits per heavy atom. The van der Waals surface area contributed by atoms with E-state index >= 15 is 0 Å². The van der Waals surface area contributed by atoms with Crippen LogP contribution >= 0.6 is 27.5 Å². The van der Waals surface area contributed by atoms with E-state index in [1.54, 1.807) is 0 Å². The number of aliphatic hydroxyl groups is 1. The number of hydrogen-bond acceptors (Lipinski definition) is 2. The predicted molar refractivity (Wildman–Crippen MR) is 105 cm³/mol. The molecule has 2 aromatic carbocycles. The average molecular weight is 421 g/mol. The van der Waals surface area contributed by atoms with Crippen LogP contribution in [0.15, 0.2) is 53.0 Å². The van der Waals surface area contributed by atoms with Crippen LogP contribution in [0.25, 0.3) is 0 Å². The van der Waals surface area contributed by atoms with E-state index in [1.807, 2.05) is 36.4 Å². The van der Waals surface area contributed by atoms with Crippen LogP contribution in [0.1, 0.15) is 31.2 Å². The Hall–Kier alpha value is -1.36. The third-order valence-corrected chi connectivity index (χ3v) is 5.90. The highest BCUT2D eigenvalue weighted by Crippen LogP contribution is 2.38. The van der Waals surface area contributed by atoms with Crippen LogP contribution in [0.2, 0.25) is 5.02 Å². The van der Waals surface area contributed by atoms with Crippen molar-refractivity contribution >= 4 is 39.1 Å². The van der Waals surface area contributed by atoms with E-state index in [1.165, 1.54) is 18.7 Å². The summed E-state index contributed by atoms with van der Waals surface area (Å²) in [5.74, 6) is 1.22. The number of rotatable bonds is 2. The highest BCUT2D eigenvalue weighted by atomic mass is 79.9. The van der Waals surface area contributed by atoms with Crippen LogP contribution in [-0.2, 0) is 5.72 Å². The topological polar surface area (TPSA) is 26.5 Å². The first-order chi connectivity index (χ1) is 12.1. The van der Waals surface area contributed by atoms with Gasteiger partial charge in [0.2, 0.25) is 0 Å². The molecule has 2 heterocycles. The molecule has 25 heavy (non-hydrogen) atoms. The van der Waals surface area contributed by atoms with Crippen LogP contribution < -0.4 is 4.90 Å². The second kappa shape index (κ2) is 6.75. The number of hydrogen-bond donors (Lipinski definition) is 1. The normalized spacial score (nSPS) is 23.6. The number of anilines is 1. The van der Waals surface area contributed by atoms with E-state index in [0.29, 0.717) is 11.6 Å². The summed E-state index contributed by atoms with van der Waals surface area (Å²) in [4.78, 5) is 2.12. The summed E-state index contributed by atoms with van der Waals surface area (Å²) in [5, 5.41) is 12.5. The molecule has 0 amide bonds.